The summed E-state index contributed by atoms with van der Waals surface area (Å²) < 4.78 is 31.8. The molecule has 206 valence electrons. The number of aliphatic hydroxyl groups excluding tert-OH is 1. The lowest BCUT2D eigenvalue weighted by molar-refractivity contribution is 0.218. The first-order valence-corrected chi connectivity index (χ1v) is 14.9. The number of fused-ring (bicyclic) bond motifs is 2. The number of nitrogens with zero attached hydrogens (tertiary/aromatic N) is 7. The first kappa shape index (κ1) is 26.2. The van der Waals surface area contributed by atoms with E-state index in [0.29, 0.717) is 46.7 Å². The molecule has 1 saturated carbocycles. The van der Waals surface area contributed by atoms with E-state index in [0.717, 1.165) is 28.3 Å². The van der Waals surface area contributed by atoms with Crippen LogP contribution in [0.2, 0.25) is 0 Å². The molecule has 1 unspecified atom stereocenters. The highest BCUT2D eigenvalue weighted by atomic mass is 32.2. The molecule has 0 radical (unpaired) electrons. The van der Waals surface area contributed by atoms with Crippen molar-refractivity contribution in [3.63, 3.8) is 0 Å². The molecule has 1 aromatic carbocycles. The first-order valence-electron chi connectivity index (χ1n) is 12.7. The smallest absolute Gasteiger partial charge is 0.323 e. The van der Waals surface area contributed by atoms with E-state index in [1.807, 2.05) is 7.05 Å². The van der Waals surface area contributed by atoms with Gasteiger partial charge in [0, 0.05) is 55.5 Å². The fourth-order valence-corrected chi connectivity index (χ4v) is 7.78. The van der Waals surface area contributed by atoms with Gasteiger partial charge in [0.15, 0.2) is 11.5 Å². The Bertz CT molecular complexity index is 1720. The predicted octanol–water partition coefficient (Wildman–Crippen LogP) is 2.87. The first-order chi connectivity index (χ1) is 19.3. The summed E-state index contributed by atoms with van der Waals surface area (Å²) in [7, 11) is -1.93. The van der Waals surface area contributed by atoms with Crippen LogP contribution in [0.1, 0.15) is 24.2 Å². The Kier molecular flexibility index (Phi) is 6.65. The monoisotopic (exact) mass is 578 g/mol. The Balaban J connectivity index is 1.21. The molecule has 0 spiro atoms. The van der Waals surface area contributed by atoms with Crippen LogP contribution in [0, 0.1) is 23.2 Å². The van der Waals surface area contributed by atoms with Crippen LogP contribution in [0.15, 0.2) is 53.7 Å². The minimum atomic E-state index is -3.86. The van der Waals surface area contributed by atoms with Gasteiger partial charge in [0.25, 0.3) is 10.0 Å². The lowest BCUT2D eigenvalue weighted by atomic mass is 10.0. The third kappa shape index (κ3) is 4.45. The molecule has 2 N–H and O–H groups in total. The summed E-state index contributed by atoms with van der Waals surface area (Å²) in [5.41, 5.74) is 1.30. The van der Waals surface area contributed by atoms with Crippen LogP contribution in [-0.2, 0) is 16.6 Å². The van der Waals surface area contributed by atoms with Crippen LogP contribution < -0.4 is 10.2 Å². The molecule has 2 fully saturated rings. The van der Waals surface area contributed by atoms with E-state index in [1.165, 1.54) is 12.4 Å². The topological polar surface area (TPSA) is 157 Å². The van der Waals surface area contributed by atoms with E-state index in [1.54, 1.807) is 41.3 Å². The number of hydrogen-bond donors (Lipinski definition) is 2. The summed E-state index contributed by atoms with van der Waals surface area (Å²) in [5.74, 6) is 0.873. The Morgan fingerprint density at radius 3 is 2.60 bits per heavy atom. The lowest BCUT2D eigenvalue weighted by Gasteiger charge is -2.29. The number of hydrogen-bond acceptors (Lipinski definition) is 10. The second-order valence-electron chi connectivity index (χ2n) is 10.1. The lowest BCUT2D eigenvalue weighted by Crippen LogP contribution is -2.36. The van der Waals surface area contributed by atoms with E-state index in [4.69, 9.17) is 5.11 Å². The van der Waals surface area contributed by atoms with Gasteiger partial charge >= 0.3 is 6.03 Å². The average Bonchev–Trinajstić information content (AvgIpc) is 3.75. The number of nitrogens with one attached hydrogen (secondary N) is 1. The highest BCUT2D eigenvalue weighted by molar-refractivity contribution is 7.90. The molecular weight excluding hydrogens is 552 g/mol. The number of likely N-dealkylation sites (tertiary alicyclic amines) is 1. The van der Waals surface area contributed by atoms with Crippen LogP contribution >= 0.6 is 11.5 Å². The molecule has 14 heteroatoms. The number of carbonyl (C=O) groups is 1. The molecule has 4 aromatic rings. The zero-order chi connectivity index (χ0) is 28.0. The summed E-state index contributed by atoms with van der Waals surface area (Å²) >= 11 is 1.03. The third-order valence-electron chi connectivity index (χ3n) is 7.81. The maximum absolute atomic E-state index is 13.3. The predicted molar refractivity (Wildman–Crippen MR) is 148 cm³/mol. The third-order valence-corrected chi connectivity index (χ3v) is 10.2. The van der Waals surface area contributed by atoms with Crippen molar-refractivity contribution in [3.8, 4) is 6.07 Å². The number of carbonyl (C=O) groups excluding carboxylic acids is 1. The van der Waals surface area contributed by atoms with Crippen LogP contribution in [0.4, 0.5) is 15.6 Å². The van der Waals surface area contributed by atoms with Crippen molar-refractivity contribution in [3.05, 3.63) is 60.2 Å². The number of anilines is 2. The van der Waals surface area contributed by atoms with Crippen LogP contribution in [0.3, 0.4) is 0 Å². The molecule has 2 aliphatic rings. The number of rotatable bonds is 6. The zero-order valence-electron chi connectivity index (χ0n) is 21.5. The minimum Gasteiger partial charge on any atom is -0.388 e. The van der Waals surface area contributed by atoms with Gasteiger partial charge < -0.3 is 14.9 Å². The number of nitriles is 1. The quantitative estimate of drug-likeness (QED) is 0.351. The van der Waals surface area contributed by atoms with Crippen molar-refractivity contribution < 1.29 is 18.3 Å². The van der Waals surface area contributed by atoms with Crippen LogP contribution in [0.25, 0.3) is 11.0 Å². The largest absolute Gasteiger partial charge is 0.388 e. The molecule has 1 saturated heterocycles. The molecule has 3 aromatic heterocycles. The Morgan fingerprint density at radius 1 is 1.23 bits per heavy atom. The van der Waals surface area contributed by atoms with Crippen molar-refractivity contribution in [2.75, 3.05) is 30.4 Å². The molecular formula is C26H26N8O4S2. The van der Waals surface area contributed by atoms with Crippen molar-refractivity contribution in [2.45, 2.75) is 30.4 Å². The normalized spacial score (nSPS) is 20.4. The zero-order valence-corrected chi connectivity index (χ0v) is 23.1. The summed E-state index contributed by atoms with van der Waals surface area (Å²) in [4.78, 5) is 25.2. The average molecular weight is 579 g/mol. The summed E-state index contributed by atoms with van der Waals surface area (Å²) in [6, 6.07) is 12.0. The standard InChI is InChI=1S/C26H26N8O4S2/c1-32(19-9-16-13-33(14-17(16)10-19)26(36)30-25-29-22(15-35)31-39-25)23-18(11-27)12-28-24-21(23)7-8-34(24)40(37,38)20-5-3-2-4-6-20/h2-8,12,16-17,19,35H,9-10,13-15H2,1H3,(H,29,30,31,36)/t16-,17+,19?. The SMILES string of the molecule is CN(c1c(C#N)cnc2c1ccn2S(=O)(=O)c1ccccc1)C1C[C@@H]2CN(C(=O)Nc3nc(CO)ns3)C[C@@H]2C1. The summed E-state index contributed by atoms with van der Waals surface area (Å²) in [5, 5.41) is 22.8. The Labute approximate surface area is 234 Å². The highest BCUT2D eigenvalue weighted by Crippen LogP contribution is 2.43. The number of amides is 2. The van der Waals surface area contributed by atoms with Gasteiger partial charge in [-0.05, 0) is 42.9 Å². The summed E-state index contributed by atoms with van der Waals surface area (Å²) in [6.45, 7) is 0.935. The number of aliphatic hydroxyl groups is 1. The second kappa shape index (κ2) is 10.2. The van der Waals surface area contributed by atoms with Crippen molar-refractivity contribution in [1.82, 2.24) is 23.2 Å². The molecule has 6 rings (SSSR count). The number of urea groups is 1. The van der Waals surface area contributed by atoms with Crippen molar-refractivity contribution in [1.29, 1.82) is 5.26 Å². The van der Waals surface area contributed by atoms with Gasteiger partial charge in [0.1, 0.15) is 12.7 Å². The molecule has 1 aliphatic carbocycles. The van der Waals surface area contributed by atoms with Gasteiger partial charge in [-0.2, -0.15) is 9.64 Å². The van der Waals surface area contributed by atoms with Crippen LogP contribution in [-0.4, -0.2) is 68.9 Å². The summed E-state index contributed by atoms with van der Waals surface area (Å²) in [6.07, 6.45) is 4.58. The second-order valence-corrected chi connectivity index (χ2v) is 12.6. The van der Waals surface area contributed by atoms with Gasteiger partial charge in [-0.25, -0.2) is 27.2 Å². The van der Waals surface area contributed by atoms with Gasteiger partial charge in [-0.3, -0.25) is 5.32 Å². The van der Waals surface area contributed by atoms with Crippen molar-refractivity contribution >= 4 is 49.4 Å². The molecule has 4 heterocycles. The van der Waals surface area contributed by atoms with Gasteiger partial charge in [0.2, 0.25) is 5.13 Å². The molecule has 40 heavy (non-hydrogen) atoms. The molecule has 3 atom stereocenters. The minimum absolute atomic E-state index is 0.113. The van der Waals surface area contributed by atoms with E-state index in [2.05, 4.69) is 30.6 Å². The number of pyridine rings is 1. The van der Waals surface area contributed by atoms with E-state index < -0.39 is 10.0 Å². The van der Waals surface area contributed by atoms with Crippen LogP contribution in [0.5, 0.6) is 0 Å². The van der Waals surface area contributed by atoms with Crippen molar-refractivity contribution in [2.24, 2.45) is 11.8 Å². The van der Waals surface area contributed by atoms with E-state index in [-0.39, 0.29) is 35.0 Å². The fourth-order valence-electron chi connectivity index (χ4n) is 5.88. The molecule has 12 nitrogen and oxygen atoms in total. The Morgan fingerprint density at radius 2 is 1.95 bits per heavy atom. The van der Waals surface area contributed by atoms with Gasteiger partial charge in [0.05, 0.1) is 16.1 Å². The molecule has 2 amide bonds. The van der Waals surface area contributed by atoms with E-state index in [9.17, 15) is 18.5 Å². The van der Waals surface area contributed by atoms with Gasteiger partial charge in [-0.1, -0.05) is 18.2 Å². The number of aromatic nitrogens is 4. The number of benzene rings is 1. The maximum atomic E-state index is 13.3. The maximum Gasteiger partial charge on any atom is 0.323 e. The molecule has 0 bridgehead atoms. The highest BCUT2D eigenvalue weighted by Gasteiger charge is 2.44. The van der Waals surface area contributed by atoms with E-state index >= 15 is 0 Å². The molecule has 1 aliphatic heterocycles. The Hall–Kier alpha value is -4.06. The van der Waals surface area contributed by atoms with Gasteiger partial charge in [-0.15, -0.1) is 0 Å². The fraction of sp³-hybridized carbons (Fsp3) is 0.346.